The Kier molecular flexibility index (Phi) is 2.38. The van der Waals surface area contributed by atoms with Crippen molar-refractivity contribution in [1.29, 1.82) is 5.26 Å². The lowest BCUT2D eigenvalue weighted by atomic mass is 10.1. The summed E-state index contributed by atoms with van der Waals surface area (Å²) in [5.41, 5.74) is 2.80. The normalized spacial score (nSPS) is 10.7. The predicted molar refractivity (Wildman–Crippen MR) is 69.0 cm³/mol. The first-order valence-electron chi connectivity index (χ1n) is 5.74. The van der Waals surface area contributed by atoms with E-state index in [2.05, 4.69) is 15.7 Å². The fourth-order valence-electron chi connectivity index (χ4n) is 2.18. The molecule has 0 saturated carbocycles. The quantitative estimate of drug-likeness (QED) is 0.685. The smallest absolute Gasteiger partial charge is 0.0998 e. The highest BCUT2D eigenvalue weighted by Gasteiger charge is 2.06. The van der Waals surface area contributed by atoms with E-state index in [0.29, 0.717) is 5.56 Å². The summed E-state index contributed by atoms with van der Waals surface area (Å²) in [5, 5.41) is 14.4. The predicted octanol–water partition coefficient (Wildman–Crippen LogP) is 2.29. The standard InChI is InChI=1S/C14H12N4/c1-17-7-5-12(16-17)10-18-8-6-13-11(9-15)3-2-4-14(13)18/h2-8H,10H2,1H3. The van der Waals surface area contributed by atoms with Crippen LogP contribution in [0.2, 0.25) is 0 Å². The number of aromatic nitrogens is 3. The molecule has 2 heterocycles. The Labute approximate surface area is 105 Å². The molecule has 3 rings (SSSR count). The van der Waals surface area contributed by atoms with E-state index in [1.165, 1.54) is 0 Å². The number of hydrogen-bond acceptors (Lipinski definition) is 2. The van der Waals surface area contributed by atoms with Crippen LogP contribution in [-0.4, -0.2) is 14.3 Å². The first-order valence-corrected chi connectivity index (χ1v) is 5.74. The summed E-state index contributed by atoms with van der Waals surface area (Å²) in [6.07, 6.45) is 3.93. The molecule has 0 aliphatic carbocycles. The van der Waals surface area contributed by atoms with Gasteiger partial charge in [-0.15, -0.1) is 0 Å². The third kappa shape index (κ3) is 1.66. The highest BCUT2D eigenvalue weighted by atomic mass is 15.3. The monoisotopic (exact) mass is 236 g/mol. The van der Waals surface area contributed by atoms with Gasteiger partial charge in [0, 0.05) is 30.3 Å². The highest BCUT2D eigenvalue weighted by Crippen LogP contribution is 2.20. The fourth-order valence-corrected chi connectivity index (χ4v) is 2.18. The molecule has 0 unspecified atom stereocenters. The third-order valence-corrected chi connectivity index (χ3v) is 3.04. The summed E-state index contributed by atoms with van der Waals surface area (Å²) >= 11 is 0. The Morgan fingerprint density at radius 1 is 1.22 bits per heavy atom. The minimum atomic E-state index is 0.715. The van der Waals surface area contributed by atoms with Crippen molar-refractivity contribution in [3.05, 3.63) is 54.0 Å². The largest absolute Gasteiger partial charge is 0.341 e. The van der Waals surface area contributed by atoms with Crippen molar-refractivity contribution in [1.82, 2.24) is 14.3 Å². The molecule has 0 aliphatic heterocycles. The second kappa shape index (κ2) is 4.04. The molecule has 0 N–H and O–H groups in total. The molecule has 0 saturated heterocycles. The maximum atomic E-state index is 9.06. The number of rotatable bonds is 2. The number of fused-ring (bicyclic) bond motifs is 1. The second-order valence-electron chi connectivity index (χ2n) is 4.27. The average molecular weight is 236 g/mol. The number of nitrogens with zero attached hydrogens (tertiary/aromatic N) is 4. The highest BCUT2D eigenvalue weighted by molar-refractivity contribution is 5.86. The minimum Gasteiger partial charge on any atom is -0.341 e. The van der Waals surface area contributed by atoms with Gasteiger partial charge in [-0.2, -0.15) is 10.4 Å². The lowest BCUT2D eigenvalue weighted by Crippen LogP contribution is -1.99. The van der Waals surface area contributed by atoms with Gasteiger partial charge < -0.3 is 4.57 Å². The lowest BCUT2D eigenvalue weighted by molar-refractivity contribution is 0.716. The van der Waals surface area contributed by atoms with Crippen molar-refractivity contribution in [2.45, 2.75) is 6.54 Å². The summed E-state index contributed by atoms with van der Waals surface area (Å²) in [4.78, 5) is 0. The van der Waals surface area contributed by atoms with Crippen LogP contribution < -0.4 is 0 Å². The molecule has 18 heavy (non-hydrogen) atoms. The van der Waals surface area contributed by atoms with Gasteiger partial charge in [0.25, 0.3) is 0 Å². The molecule has 88 valence electrons. The van der Waals surface area contributed by atoms with E-state index in [9.17, 15) is 0 Å². The molecule has 0 bridgehead atoms. The number of aryl methyl sites for hydroxylation is 1. The van der Waals surface area contributed by atoms with Crippen LogP contribution in [0.1, 0.15) is 11.3 Å². The van der Waals surface area contributed by atoms with Crippen molar-refractivity contribution in [2.24, 2.45) is 7.05 Å². The van der Waals surface area contributed by atoms with Crippen LogP contribution in [0.15, 0.2) is 42.7 Å². The molecule has 2 aromatic heterocycles. The van der Waals surface area contributed by atoms with Gasteiger partial charge >= 0.3 is 0 Å². The van der Waals surface area contributed by atoms with E-state index >= 15 is 0 Å². The summed E-state index contributed by atoms with van der Waals surface area (Å²) in [7, 11) is 1.91. The van der Waals surface area contributed by atoms with Gasteiger partial charge in [0.2, 0.25) is 0 Å². The molecule has 0 spiro atoms. The number of benzene rings is 1. The van der Waals surface area contributed by atoms with Crippen LogP contribution in [0, 0.1) is 11.3 Å². The Morgan fingerprint density at radius 3 is 2.83 bits per heavy atom. The van der Waals surface area contributed by atoms with E-state index in [-0.39, 0.29) is 0 Å². The van der Waals surface area contributed by atoms with E-state index in [4.69, 9.17) is 5.26 Å². The van der Waals surface area contributed by atoms with Gasteiger partial charge in [-0.25, -0.2) is 0 Å². The van der Waals surface area contributed by atoms with E-state index in [1.54, 1.807) is 4.68 Å². The molecule has 0 atom stereocenters. The summed E-state index contributed by atoms with van der Waals surface area (Å²) in [5.74, 6) is 0. The SMILES string of the molecule is Cn1ccc(Cn2ccc3c(C#N)cccc32)n1. The van der Waals surface area contributed by atoms with Crippen LogP contribution in [0.3, 0.4) is 0 Å². The topological polar surface area (TPSA) is 46.5 Å². The molecular formula is C14H12N4. The van der Waals surface area contributed by atoms with Crippen molar-refractivity contribution >= 4 is 10.9 Å². The Hall–Kier alpha value is -2.54. The van der Waals surface area contributed by atoms with Gasteiger partial charge in [0.1, 0.15) is 0 Å². The maximum absolute atomic E-state index is 9.06. The van der Waals surface area contributed by atoms with Crippen molar-refractivity contribution in [3.63, 3.8) is 0 Å². The van der Waals surface area contributed by atoms with Gasteiger partial charge in [0.05, 0.1) is 23.9 Å². The van der Waals surface area contributed by atoms with Gasteiger partial charge in [0.15, 0.2) is 0 Å². The molecule has 3 aromatic rings. The average Bonchev–Trinajstić information content (AvgIpc) is 2.97. The van der Waals surface area contributed by atoms with Crippen LogP contribution in [0.25, 0.3) is 10.9 Å². The zero-order valence-electron chi connectivity index (χ0n) is 10.0. The van der Waals surface area contributed by atoms with E-state index in [0.717, 1.165) is 23.1 Å². The van der Waals surface area contributed by atoms with Crippen LogP contribution in [0.4, 0.5) is 0 Å². The Balaban J connectivity index is 2.06. The summed E-state index contributed by atoms with van der Waals surface area (Å²) in [6.45, 7) is 0.721. The van der Waals surface area contributed by atoms with Crippen LogP contribution in [-0.2, 0) is 13.6 Å². The van der Waals surface area contributed by atoms with Gasteiger partial charge in [-0.1, -0.05) is 6.07 Å². The number of hydrogen-bond donors (Lipinski definition) is 0. The van der Waals surface area contributed by atoms with Gasteiger partial charge in [-0.3, -0.25) is 4.68 Å². The Morgan fingerprint density at radius 2 is 2.11 bits per heavy atom. The third-order valence-electron chi connectivity index (χ3n) is 3.04. The number of nitriles is 1. The zero-order valence-corrected chi connectivity index (χ0v) is 10.0. The second-order valence-corrected chi connectivity index (χ2v) is 4.27. The van der Waals surface area contributed by atoms with Crippen molar-refractivity contribution < 1.29 is 0 Å². The molecule has 1 aromatic carbocycles. The summed E-state index contributed by atoms with van der Waals surface area (Å²) < 4.78 is 3.90. The molecule has 0 fully saturated rings. The molecule has 4 nitrogen and oxygen atoms in total. The van der Waals surface area contributed by atoms with Crippen molar-refractivity contribution in [3.8, 4) is 6.07 Å². The van der Waals surface area contributed by atoms with Crippen LogP contribution in [0.5, 0.6) is 0 Å². The van der Waals surface area contributed by atoms with Crippen molar-refractivity contribution in [2.75, 3.05) is 0 Å². The molecule has 4 heteroatoms. The lowest BCUT2D eigenvalue weighted by Gasteiger charge is -2.03. The maximum Gasteiger partial charge on any atom is 0.0998 e. The van der Waals surface area contributed by atoms with E-state index < -0.39 is 0 Å². The molecule has 0 amide bonds. The first kappa shape index (κ1) is 10.6. The summed E-state index contributed by atoms with van der Waals surface area (Å²) in [6, 6.07) is 12.0. The first-order chi connectivity index (χ1) is 8.78. The fraction of sp³-hybridized carbons (Fsp3) is 0.143. The Bertz CT molecular complexity index is 743. The molecule has 0 aliphatic rings. The molecule has 0 radical (unpaired) electrons. The minimum absolute atomic E-state index is 0.715. The molecular weight excluding hydrogens is 224 g/mol. The van der Waals surface area contributed by atoms with Crippen LogP contribution >= 0.6 is 0 Å². The zero-order chi connectivity index (χ0) is 12.5. The van der Waals surface area contributed by atoms with E-state index in [1.807, 2.05) is 49.8 Å². The van der Waals surface area contributed by atoms with Gasteiger partial charge in [-0.05, 0) is 24.3 Å².